The van der Waals surface area contributed by atoms with Crippen molar-refractivity contribution in [1.82, 2.24) is 19.9 Å². The molecule has 0 aliphatic carbocycles. The summed E-state index contributed by atoms with van der Waals surface area (Å²) in [6.45, 7) is 0. The molecule has 6 nitrogen and oxygen atoms in total. The van der Waals surface area contributed by atoms with Crippen molar-refractivity contribution in [2.45, 2.75) is 10.9 Å². The molecule has 0 saturated carbocycles. The molecular formula is C12H11N5OS. The molecule has 19 heavy (non-hydrogen) atoms. The SMILES string of the molecule is Nc1nc2nc(SCc3ccccc3)[nH]c(=O)c2[nH]1. The van der Waals surface area contributed by atoms with Gasteiger partial charge in [-0.25, -0.2) is 4.98 Å². The Labute approximate surface area is 112 Å². The van der Waals surface area contributed by atoms with Gasteiger partial charge in [-0.1, -0.05) is 42.1 Å². The standard InChI is InChI=1S/C12H11N5OS/c13-11-14-8-9(15-11)16-12(17-10(8)18)19-6-7-4-2-1-3-5-7/h1-5H,6H2,(H4,13,14,15,16,17,18). The fourth-order valence-corrected chi connectivity index (χ4v) is 2.51. The maximum absolute atomic E-state index is 11.8. The first-order valence-corrected chi connectivity index (χ1v) is 6.63. The van der Waals surface area contributed by atoms with Gasteiger partial charge in [-0.05, 0) is 5.56 Å². The van der Waals surface area contributed by atoms with Gasteiger partial charge in [0.25, 0.3) is 5.56 Å². The van der Waals surface area contributed by atoms with Gasteiger partial charge in [0.15, 0.2) is 22.3 Å². The average Bonchev–Trinajstić information content (AvgIpc) is 2.79. The van der Waals surface area contributed by atoms with E-state index < -0.39 is 0 Å². The Morgan fingerprint density at radius 2 is 1.95 bits per heavy atom. The van der Waals surface area contributed by atoms with E-state index in [1.165, 1.54) is 11.8 Å². The van der Waals surface area contributed by atoms with E-state index >= 15 is 0 Å². The first kappa shape index (κ1) is 11.8. The number of anilines is 1. The van der Waals surface area contributed by atoms with Crippen molar-refractivity contribution in [1.29, 1.82) is 0 Å². The number of aromatic nitrogens is 4. The van der Waals surface area contributed by atoms with Crippen LogP contribution in [0.2, 0.25) is 0 Å². The zero-order chi connectivity index (χ0) is 13.2. The van der Waals surface area contributed by atoms with Gasteiger partial charge in [-0.3, -0.25) is 9.78 Å². The number of nitrogens with one attached hydrogen (secondary N) is 2. The lowest BCUT2D eigenvalue weighted by atomic mass is 10.2. The maximum atomic E-state index is 11.8. The number of benzene rings is 1. The Balaban J connectivity index is 1.87. The summed E-state index contributed by atoms with van der Waals surface area (Å²) in [7, 11) is 0. The van der Waals surface area contributed by atoms with Crippen LogP contribution >= 0.6 is 11.8 Å². The second-order valence-corrected chi connectivity index (χ2v) is 4.93. The van der Waals surface area contributed by atoms with Gasteiger partial charge in [0, 0.05) is 5.75 Å². The zero-order valence-corrected chi connectivity index (χ0v) is 10.7. The first-order valence-electron chi connectivity index (χ1n) is 5.64. The molecule has 7 heteroatoms. The van der Waals surface area contributed by atoms with Crippen LogP contribution in [0.25, 0.3) is 11.2 Å². The summed E-state index contributed by atoms with van der Waals surface area (Å²) in [5.74, 6) is 0.924. The van der Waals surface area contributed by atoms with Gasteiger partial charge in [-0.2, -0.15) is 4.98 Å². The number of rotatable bonds is 3. The summed E-state index contributed by atoms with van der Waals surface area (Å²) in [4.78, 5) is 25.4. The molecule has 96 valence electrons. The molecule has 1 aromatic carbocycles. The van der Waals surface area contributed by atoms with E-state index in [9.17, 15) is 4.79 Å². The predicted molar refractivity (Wildman–Crippen MR) is 74.9 cm³/mol. The maximum Gasteiger partial charge on any atom is 0.277 e. The molecule has 0 unspecified atom stereocenters. The topological polar surface area (TPSA) is 100 Å². The van der Waals surface area contributed by atoms with E-state index in [1.54, 1.807) is 0 Å². The predicted octanol–water partition coefficient (Wildman–Crippen LogP) is 1.52. The first-order chi connectivity index (χ1) is 9.22. The quantitative estimate of drug-likeness (QED) is 0.496. The van der Waals surface area contributed by atoms with Crippen molar-refractivity contribution in [2.24, 2.45) is 0 Å². The Hall–Kier alpha value is -2.28. The van der Waals surface area contributed by atoms with Crippen molar-refractivity contribution >= 4 is 28.9 Å². The molecule has 0 spiro atoms. The van der Waals surface area contributed by atoms with E-state index in [1.807, 2.05) is 30.3 Å². The van der Waals surface area contributed by atoms with Crippen LogP contribution in [0.3, 0.4) is 0 Å². The summed E-state index contributed by atoms with van der Waals surface area (Å²) in [6.07, 6.45) is 0. The molecule has 0 bridgehead atoms. The Morgan fingerprint density at radius 1 is 1.16 bits per heavy atom. The number of nitrogens with zero attached hydrogens (tertiary/aromatic N) is 2. The molecule has 0 fully saturated rings. The zero-order valence-electron chi connectivity index (χ0n) is 9.88. The van der Waals surface area contributed by atoms with Gasteiger partial charge < -0.3 is 10.7 Å². The minimum absolute atomic E-state index is 0.193. The van der Waals surface area contributed by atoms with E-state index in [0.717, 1.165) is 11.3 Å². The molecule has 3 aromatic rings. The number of imidazole rings is 1. The van der Waals surface area contributed by atoms with E-state index in [0.29, 0.717) is 16.3 Å². The molecule has 0 radical (unpaired) electrons. The largest absolute Gasteiger partial charge is 0.369 e. The smallest absolute Gasteiger partial charge is 0.277 e. The van der Waals surface area contributed by atoms with Crippen molar-refractivity contribution in [3.63, 3.8) is 0 Å². The fraction of sp³-hybridized carbons (Fsp3) is 0.0833. The summed E-state index contributed by atoms with van der Waals surface area (Å²) >= 11 is 1.45. The summed E-state index contributed by atoms with van der Waals surface area (Å²) < 4.78 is 0. The normalized spacial score (nSPS) is 10.9. The third-order valence-corrected chi connectivity index (χ3v) is 3.52. The second kappa shape index (κ2) is 4.77. The molecular weight excluding hydrogens is 262 g/mol. The van der Waals surface area contributed by atoms with Gasteiger partial charge in [0.1, 0.15) is 0 Å². The number of hydrogen-bond acceptors (Lipinski definition) is 5. The highest BCUT2D eigenvalue weighted by molar-refractivity contribution is 7.98. The van der Waals surface area contributed by atoms with Gasteiger partial charge in [0.2, 0.25) is 0 Å². The highest BCUT2D eigenvalue weighted by atomic mass is 32.2. The molecule has 3 rings (SSSR count). The van der Waals surface area contributed by atoms with Crippen molar-refractivity contribution in [3.05, 3.63) is 46.2 Å². The molecule has 0 saturated heterocycles. The Kier molecular flexibility index (Phi) is 2.96. The number of nitrogens with two attached hydrogens (primary N) is 1. The number of fused-ring (bicyclic) bond motifs is 1. The average molecular weight is 273 g/mol. The molecule has 0 amide bonds. The molecule has 2 aromatic heterocycles. The van der Waals surface area contributed by atoms with Crippen molar-refractivity contribution in [3.8, 4) is 0 Å². The minimum Gasteiger partial charge on any atom is -0.369 e. The van der Waals surface area contributed by atoms with Crippen LogP contribution < -0.4 is 11.3 Å². The number of thioether (sulfide) groups is 1. The third kappa shape index (κ3) is 2.45. The molecule has 0 aliphatic heterocycles. The molecule has 2 heterocycles. The highest BCUT2D eigenvalue weighted by Gasteiger charge is 2.08. The van der Waals surface area contributed by atoms with Crippen LogP contribution in [-0.2, 0) is 5.75 Å². The summed E-state index contributed by atoms with van der Waals surface area (Å²) in [6, 6.07) is 9.96. The number of nitrogen functional groups attached to an aromatic ring is 1. The van der Waals surface area contributed by atoms with E-state index in [2.05, 4.69) is 19.9 Å². The van der Waals surface area contributed by atoms with Crippen LogP contribution in [0.15, 0.2) is 40.3 Å². The van der Waals surface area contributed by atoms with E-state index in [-0.39, 0.29) is 11.5 Å². The Bertz CT molecular complexity index is 765. The van der Waals surface area contributed by atoms with Crippen LogP contribution in [0, 0.1) is 0 Å². The van der Waals surface area contributed by atoms with E-state index in [4.69, 9.17) is 5.73 Å². The monoisotopic (exact) mass is 273 g/mol. The van der Waals surface area contributed by atoms with Gasteiger partial charge in [-0.15, -0.1) is 0 Å². The van der Waals surface area contributed by atoms with Gasteiger partial charge in [0.05, 0.1) is 0 Å². The Morgan fingerprint density at radius 3 is 2.74 bits per heavy atom. The number of aromatic amines is 2. The second-order valence-electron chi connectivity index (χ2n) is 3.97. The lowest BCUT2D eigenvalue weighted by molar-refractivity contribution is 0.964. The summed E-state index contributed by atoms with van der Waals surface area (Å²) in [5, 5.41) is 0.535. The van der Waals surface area contributed by atoms with Crippen molar-refractivity contribution < 1.29 is 0 Å². The highest BCUT2D eigenvalue weighted by Crippen LogP contribution is 2.19. The lowest BCUT2D eigenvalue weighted by Crippen LogP contribution is -2.09. The van der Waals surface area contributed by atoms with Crippen LogP contribution in [0.4, 0.5) is 5.95 Å². The number of hydrogen-bond donors (Lipinski definition) is 3. The minimum atomic E-state index is -0.259. The molecule has 4 N–H and O–H groups in total. The van der Waals surface area contributed by atoms with Crippen LogP contribution in [0.1, 0.15) is 5.56 Å². The molecule has 0 atom stereocenters. The molecule has 0 aliphatic rings. The van der Waals surface area contributed by atoms with Crippen LogP contribution in [-0.4, -0.2) is 19.9 Å². The third-order valence-electron chi connectivity index (χ3n) is 2.58. The van der Waals surface area contributed by atoms with Crippen LogP contribution in [0.5, 0.6) is 0 Å². The number of H-pyrrole nitrogens is 2. The fourth-order valence-electron chi connectivity index (χ4n) is 1.70. The van der Waals surface area contributed by atoms with Crippen molar-refractivity contribution in [2.75, 3.05) is 5.73 Å². The lowest BCUT2D eigenvalue weighted by Gasteiger charge is -2.00. The summed E-state index contributed by atoms with van der Waals surface area (Å²) in [5.41, 5.74) is 7.06. The van der Waals surface area contributed by atoms with Gasteiger partial charge >= 0.3 is 0 Å².